The van der Waals surface area contributed by atoms with Crippen LogP contribution in [-0.4, -0.2) is 27.3 Å². The number of carbonyl (C=O) groups is 1. The molecule has 3 rings (SSSR count). The van der Waals surface area contributed by atoms with Gasteiger partial charge in [0.25, 0.3) is 5.56 Å². The number of hydrogen-bond donors (Lipinski definition) is 1. The van der Waals surface area contributed by atoms with Crippen LogP contribution in [0.2, 0.25) is 0 Å². The molecular weight excluding hydrogens is 394 g/mol. The minimum Gasteiger partial charge on any atom is -0.353 e. The lowest BCUT2D eigenvalue weighted by atomic mass is 9.95. The molecule has 0 unspecified atom stereocenters. The fraction of sp³-hybridized carbons (Fsp3) is 0.542. The van der Waals surface area contributed by atoms with E-state index in [0.717, 1.165) is 47.0 Å². The molecule has 162 valence electrons. The number of aryl methyl sites for hydroxylation is 2. The normalized spacial score (nSPS) is 14.6. The van der Waals surface area contributed by atoms with Gasteiger partial charge >= 0.3 is 0 Å². The van der Waals surface area contributed by atoms with Crippen molar-refractivity contribution in [3.63, 3.8) is 0 Å². The lowest BCUT2D eigenvalue weighted by Crippen LogP contribution is -2.36. The number of amides is 1. The Morgan fingerprint density at radius 1 is 1.23 bits per heavy atom. The van der Waals surface area contributed by atoms with Crippen LogP contribution in [0.1, 0.15) is 67.3 Å². The lowest BCUT2D eigenvalue weighted by Gasteiger charge is -2.22. The SMILES string of the molecule is Cc1cccc(Cc2c(C)nc(SCCCC(=O)NC3CCCCC3)n(C)c2=O)c1. The van der Waals surface area contributed by atoms with Gasteiger partial charge in [-0.3, -0.25) is 14.2 Å². The molecular formula is C24H33N3O2S. The molecule has 2 aromatic rings. The zero-order valence-corrected chi connectivity index (χ0v) is 19.2. The van der Waals surface area contributed by atoms with E-state index in [0.29, 0.717) is 18.9 Å². The average molecular weight is 428 g/mol. The number of hydrogen-bond acceptors (Lipinski definition) is 4. The molecule has 0 spiro atoms. The van der Waals surface area contributed by atoms with Gasteiger partial charge in [0, 0.05) is 42.9 Å². The summed E-state index contributed by atoms with van der Waals surface area (Å²) in [6.07, 6.45) is 7.86. The summed E-state index contributed by atoms with van der Waals surface area (Å²) in [6, 6.07) is 8.60. The van der Waals surface area contributed by atoms with E-state index in [1.54, 1.807) is 23.4 Å². The smallest absolute Gasteiger partial charge is 0.257 e. The molecule has 0 bridgehead atoms. The molecule has 1 amide bonds. The molecule has 6 heteroatoms. The van der Waals surface area contributed by atoms with Gasteiger partial charge in [0.15, 0.2) is 5.16 Å². The highest BCUT2D eigenvalue weighted by Crippen LogP contribution is 2.20. The zero-order chi connectivity index (χ0) is 21.5. The maximum absolute atomic E-state index is 12.9. The van der Waals surface area contributed by atoms with Crippen molar-refractivity contribution in [3.05, 3.63) is 57.0 Å². The molecule has 1 aromatic heterocycles. The van der Waals surface area contributed by atoms with Crippen molar-refractivity contribution in [1.29, 1.82) is 0 Å². The van der Waals surface area contributed by atoms with Crippen LogP contribution in [0.3, 0.4) is 0 Å². The van der Waals surface area contributed by atoms with E-state index < -0.39 is 0 Å². The molecule has 1 aromatic carbocycles. The van der Waals surface area contributed by atoms with E-state index in [9.17, 15) is 9.59 Å². The first-order valence-electron chi connectivity index (χ1n) is 11.0. The largest absolute Gasteiger partial charge is 0.353 e. The summed E-state index contributed by atoms with van der Waals surface area (Å²) >= 11 is 1.55. The second kappa shape index (κ2) is 10.8. The van der Waals surface area contributed by atoms with Crippen molar-refractivity contribution >= 4 is 17.7 Å². The van der Waals surface area contributed by atoms with Crippen LogP contribution in [-0.2, 0) is 18.3 Å². The Morgan fingerprint density at radius 3 is 2.73 bits per heavy atom. The number of rotatable bonds is 8. The Hall–Kier alpha value is -2.08. The average Bonchev–Trinajstić information content (AvgIpc) is 2.73. The Balaban J connectivity index is 1.54. The highest BCUT2D eigenvalue weighted by molar-refractivity contribution is 7.99. The Morgan fingerprint density at radius 2 is 2.00 bits per heavy atom. The van der Waals surface area contributed by atoms with Crippen molar-refractivity contribution in [1.82, 2.24) is 14.9 Å². The van der Waals surface area contributed by atoms with Gasteiger partial charge in [0.2, 0.25) is 5.91 Å². The van der Waals surface area contributed by atoms with Gasteiger partial charge in [0.1, 0.15) is 0 Å². The summed E-state index contributed by atoms with van der Waals surface area (Å²) in [7, 11) is 1.78. The number of thioether (sulfide) groups is 1. The summed E-state index contributed by atoms with van der Waals surface area (Å²) in [5.41, 5.74) is 3.87. The molecule has 1 saturated carbocycles. The van der Waals surface area contributed by atoms with Crippen LogP contribution in [0.15, 0.2) is 34.2 Å². The fourth-order valence-corrected chi connectivity index (χ4v) is 4.98. The van der Waals surface area contributed by atoms with Crippen LogP contribution < -0.4 is 10.9 Å². The van der Waals surface area contributed by atoms with Crippen molar-refractivity contribution in [3.8, 4) is 0 Å². The molecule has 1 aliphatic rings. The van der Waals surface area contributed by atoms with Crippen LogP contribution in [0.25, 0.3) is 0 Å². The minimum atomic E-state index is 0.0153. The second-order valence-electron chi connectivity index (χ2n) is 8.34. The topological polar surface area (TPSA) is 64.0 Å². The van der Waals surface area contributed by atoms with Crippen molar-refractivity contribution < 1.29 is 4.79 Å². The third-order valence-electron chi connectivity index (χ3n) is 5.76. The summed E-state index contributed by atoms with van der Waals surface area (Å²) in [5.74, 6) is 0.920. The van der Waals surface area contributed by atoms with Crippen molar-refractivity contribution in [2.45, 2.75) is 76.4 Å². The molecule has 1 fully saturated rings. The van der Waals surface area contributed by atoms with E-state index >= 15 is 0 Å². The molecule has 0 saturated heterocycles. The maximum atomic E-state index is 12.9. The third-order valence-corrected chi connectivity index (χ3v) is 6.88. The van der Waals surface area contributed by atoms with Gasteiger partial charge in [-0.2, -0.15) is 0 Å². The quantitative estimate of drug-likeness (QED) is 0.387. The van der Waals surface area contributed by atoms with Gasteiger partial charge in [-0.05, 0) is 38.7 Å². The maximum Gasteiger partial charge on any atom is 0.257 e. The Bertz CT molecular complexity index is 933. The summed E-state index contributed by atoms with van der Waals surface area (Å²) in [5, 5.41) is 3.88. The number of carbonyl (C=O) groups excluding carboxylic acids is 1. The van der Waals surface area contributed by atoms with Gasteiger partial charge < -0.3 is 5.32 Å². The van der Waals surface area contributed by atoms with Gasteiger partial charge in [0.05, 0.1) is 0 Å². The third kappa shape index (κ3) is 6.21. The van der Waals surface area contributed by atoms with Gasteiger partial charge in [-0.1, -0.05) is 60.9 Å². The lowest BCUT2D eigenvalue weighted by molar-refractivity contribution is -0.122. The van der Waals surface area contributed by atoms with Crippen LogP contribution in [0.5, 0.6) is 0 Å². The van der Waals surface area contributed by atoms with E-state index in [2.05, 4.69) is 29.4 Å². The molecule has 5 nitrogen and oxygen atoms in total. The molecule has 0 radical (unpaired) electrons. The minimum absolute atomic E-state index is 0.0153. The molecule has 1 N–H and O–H groups in total. The highest BCUT2D eigenvalue weighted by atomic mass is 32.2. The van der Waals surface area contributed by atoms with Crippen molar-refractivity contribution in [2.75, 3.05) is 5.75 Å². The molecule has 1 aliphatic carbocycles. The predicted octanol–water partition coefficient (Wildman–Crippen LogP) is 4.31. The van der Waals surface area contributed by atoms with E-state index in [-0.39, 0.29) is 11.5 Å². The fourth-order valence-electron chi connectivity index (χ4n) is 4.03. The van der Waals surface area contributed by atoms with Gasteiger partial charge in [-0.25, -0.2) is 4.98 Å². The Labute approximate surface area is 183 Å². The molecule has 30 heavy (non-hydrogen) atoms. The molecule has 1 heterocycles. The first-order valence-corrected chi connectivity index (χ1v) is 12.0. The summed E-state index contributed by atoms with van der Waals surface area (Å²) < 4.78 is 1.64. The van der Waals surface area contributed by atoms with Crippen molar-refractivity contribution in [2.24, 2.45) is 7.05 Å². The van der Waals surface area contributed by atoms with E-state index in [1.807, 2.05) is 19.1 Å². The number of benzene rings is 1. The van der Waals surface area contributed by atoms with Crippen LogP contribution in [0, 0.1) is 13.8 Å². The van der Waals surface area contributed by atoms with E-state index in [1.165, 1.54) is 24.8 Å². The summed E-state index contributed by atoms with van der Waals surface area (Å²) in [4.78, 5) is 29.7. The second-order valence-corrected chi connectivity index (χ2v) is 9.40. The van der Waals surface area contributed by atoms with Crippen LogP contribution in [0.4, 0.5) is 0 Å². The molecule has 0 atom stereocenters. The number of nitrogens with one attached hydrogen (secondary N) is 1. The summed E-state index contributed by atoms with van der Waals surface area (Å²) in [6.45, 7) is 3.97. The standard InChI is InChI=1S/C24H33N3O2S/c1-17-9-7-10-19(15-17)16-21-18(2)25-24(27(3)23(21)29)30-14-8-13-22(28)26-20-11-5-4-6-12-20/h7,9-10,15,20H,4-6,8,11-14,16H2,1-3H3,(H,26,28). The predicted molar refractivity (Wildman–Crippen MR) is 123 cm³/mol. The number of aromatic nitrogens is 2. The Kier molecular flexibility index (Phi) is 8.14. The van der Waals surface area contributed by atoms with Gasteiger partial charge in [-0.15, -0.1) is 0 Å². The first-order chi connectivity index (χ1) is 14.4. The monoisotopic (exact) mass is 427 g/mol. The number of nitrogens with zero attached hydrogens (tertiary/aromatic N) is 2. The zero-order valence-electron chi connectivity index (χ0n) is 18.4. The van der Waals surface area contributed by atoms with Crippen LogP contribution >= 0.6 is 11.8 Å². The first kappa shape index (κ1) is 22.6. The van der Waals surface area contributed by atoms with E-state index in [4.69, 9.17) is 0 Å². The highest BCUT2D eigenvalue weighted by Gasteiger charge is 2.16. The molecule has 0 aliphatic heterocycles.